The van der Waals surface area contributed by atoms with Gasteiger partial charge < -0.3 is 14.7 Å². The third kappa shape index (κ3) is 4.49. The molecule has 1 amide bonds. The van der Waals surface area contributed by atoms with Crippen molar-refractivity contribution in [2.24, 2.45) is 0 Å². The van der Waals surface area contributed by atoms with E-state index < -0.39 is 0 Å². The Morgan fingerprint density at radius 1 is 1.18 bits per heavy atom. The average molecular weight is 466 g/mol. The maximum Gasteiger partial charge on any atom is 0.264 e. The largest absolute Gasteiger partial charge is 0.456 e. The van der Waals surface area contributed by atoms with Crippen LogP contribution in [0.5, 0.6) is 11.5 Å². The Balaban J connectivity index is 1.65. The highest BCUT2D eigenvalue weighted by Gasteiger charge is 2.19. The molecule has 0 bridgehead atoms. The van der Waals surface area contributed by atoms with Gasteiger partial charge in [0.25, 0.3) is 5.91 Å². The van der Waals surface area contributed by atoms with Gasteiger partial charge in [0.1, 0.15) is 11.5 Å². The van der Waals surface area contributed by atoms with Gasteiger partial charge in [-0.2, -0.15) is 0 Å². The van der Waals surface area contributed by atoms with Gasteiger partial charge in [-0.1, -0.05) is 6.92 Å². The van der Waals surface area contributed by atoms with E-state index in [0.29, 0.717) is 47.8 Å². The minimum absolute atomic E-state index is 0.0512. The molecule has 0 aliphatic carbocycles. The van der Waals surface area contributed by atoms with Gasteiger partial charge in [-0.3, -0.25) is 19.1 Å². The van der Waals surface area contributed by atoms with E-state index in [0.717, 1.165) is 21.3 Å². The van der Waals surface area contributed by atoms with Crippen LogP contribution < -0.4 is 4.74 Å². The van der Waals surface area contributed by atoms with Gasteiger partial charge in [-0.25, -0.2) is 0 Å². The Hall–Kier alpha value is -3.23. The molecule has 4 aromatic rings. The number of amides is 1. The number of hydrogen-bond donors (Lipinski definition) is 1. The number of aliphatic hydroxyl groups is 1. The molecule has 3 heterocycles. The third-order valence-corrected chi connectivity index (χ3v) is 6.71. The number of aromatic nitrogens is 2. The molecule has 0 saturated heterocycles. The number of carbonyl (C=O) groups is 2. The first-order valence-electron chi connectivity index (χ1n) is 11.1. The summed E-state index contributed by atoms with van der Waals surface area (Å²) < 4.78 is 8.73. The standard InChI is InChI=1S/C25H27N3O4S/c1-4-23(30)28-16(3)13-17-14-18(7-8-20(17)28)32-21-9-10-26-19-15-22(33-24(19)21)25(31)27(5-2)11-6-12-29/h7-10,13-15,29H,4-6,11-12H2,1-3H3. The second kappa shape index (κ2) is 9.72. The number of nitrogens with zero attached hydrogens (tertiary/aromatic N) is 3. The van der Waals surface area contributed by atoms with Crippen LogP contribution in [0.1, 0.15) is 46.8 Å². The van der Waals surface area contributed by atoms with Gasteiger partial charge in [0.15, 0.2) is 0 Å². The maximum absolute atomic E-state index is 12.9. The molecule has 4 rings (SSSR count). The number of ether oxygens (including phenoxy) is 1. The number of pyridine rings is 1. The number of thiophene rings is 1. The van der Waals surface area contributed by atoms with E-state index in [4.69, 9.17) is 9.84 Å². The highest BCUT2D eigenvalue weighted by Crippen LogP contribution is 2.36. The van der Waals surface area contributed by atoms with Crippen molar-refractivity contribution in [1.82, 2.24) is 14.5 Å². The Morgan fingerprint density at radius 2 is 2.00 bits per heavy atom. The van der Waals surface area contributed by atoms with Gasteiger partial charge in [-0.15, -0.1) is 11.3 Å². The summed E-state index contributed by atoms with van der Waals surface area (Å²) in [6, 6.07) is 11.2. The summed E-state index contributed by atoms with van der Waals surface area (Å²) in [7, 11) is 0. The van der Waals surface area contributed by atoms with Crippen LogP contribution in [0.2, 0.25) is 0 Å². The van der Waals surface area contributed by atoms with E-state index in [-0.39, 0.29) is 18.4 Å². The predicted molar refractivity (Wildman–Crippen MR) is 131 cm³/mol. The van der Waals surface area contributed by atoms with Gasteiger partial charge in [0.05, 0.1) is 20.6 Å². The summed E-state index contributed by atoms with van der Waals surface area (Å²) in [5.74, 6) is 1.26. The Kier molecular flexibility index (Phi) is 6.76. The van der Waals surface area contributed by atoms with E-state index in [9.17, 15) is 9.59 Å². The second-order valence-corrected chi connectivity index (χ2v) is 8.84. The first-order valence-corrected chi connectivity index (χ1v) is 11.9. The molecule has 0 fully saturated rings. The lowest BCUT2D eigenvalue weighted by Gasteiger charge is -2.19. The Morgan fingerprint density at radius 3 is 2.73 bits per heavy atom. The smallest absolute Gasteiger partial charge is 0.264 e. The summed E-state index contributed by atoms with van der Waals surface area (Å²) >= 11 is 1.36. The van der Waals surface area contributed by atoms with Crippen LogP contribution in [0.25, 0.3) is 21.1 Å². The molecule has 172 valence electrons. The molecule has 0 aliphatic heterocycles. The normalized spacial score (nSPS) is 11.3. The SMILES string of the molecule is CCC(=O)n1c(C)cc2cc(Oc3ccnc4cc(C(=O)N(CC)CCCO)sc34)ccc21. The van der Waals surface area contributed by atoms with Crippen molar-refractivity contribution >= 4 is 44.3 Å². The van der Waals surface area contributed by atoms with E-state index in [2.05, 4.69) is 4.98 Å². The van der Waals surface area contributed by atoms with Crippen molar-refractivity contribution in [2.75, 3.05) is 19.7 Å². The third-order valence-electron chi connectivity index (χ3n) is 5.58. The first-order chi connectivity index (χ1) is 16.0. The predicted octanol–water partition coefficient (Wildman–Crippen LogP) is 5.25. The fraction of sp³-hybridized carbons (Fsp3) is 0.320. The van der Waals surface area contributed by atoms with Gasteiger partial charge in [-0.05, 0) is 50.6 Å². The molecular weight excluding hydrogens is 438 g/mol. The van der Waals surface area contributed by atoms with Crippen molar-refractivity contribution in [1.29, 1.82) is 0 Å². The fourth-order valence-corrected chi connectivity index (χ4v) is 4.97. The van der Waals surface area contributed by atoms with Crippen LogP contribution in [-0.4, -0.2) is 51.1 Å². The van der Waals surface area contributed by atoms with Crippen LogP contribution in [0.3, 0.4) is 0 Å². The molecule has 0 atom stereocenters. The summed E-state index contributed by atoms with van der Waals surface area (Å²) in [4.78, 5) is 32.0. The quantitative estimate of drug-likeness (QED) is 0.384. The zero-order valence-corrected chi connectivity index (χ0v) is 19.8. The minimum atomic E-state index is -0.0706. The number of aryl methyl sites for hydroxylation is 1. The number of fused-ring (bicyclic) bond motifs is 2. The van der Waals surface area contributed by atoms with Crippen LogP contribution in [0, 0.1) is 6.92 Å². The lowest BCUT2D eigenvalue weighted by molar-refractivity contribution is 0.0758. The first kappa shape index (κ1) is 22.9. The number of rotatable bonds is 8. The highest BCUT2D eigenvalue weighted by atomic mass is 32.1. The van der Waals surface area contributed by atoms with Crippen LogP contribution in [-0.2, 0) is 0 Å². The molecular formula is C25H27N3O4S. The summed E-state index contributed by atoms with van der Waals surface area (Å²) in [6.45, 7) is 6.83. The minimum Gasteiger partial charge on any atom is -0.456 e. The zero-order chi connectivity index (χ0) is 23.5. The lowest BCUT2D eigenvalue weighted by Crippen LogP contribution is -2.31. The number of hydrogen-bond acceptors (Lipinski definition) is 6. The molecule has 0 radical (unpaired) electrons. The molecule has 7 nitrogen and oxygen atoms in total. The Bertz CT molecular complexity index is 1320. The molecule has 8 heteroatoms. The number of benzene rings is 1. The average Bonchev–Trinajstić information content (AvgIpc) is 3.39. The van der Waals surface area contributed by atoms with Crippen molar-refractivity contribution in [3.05, 3.63) is 53.2 Å². The summed E-state index contributed by atoms with van der Waals surface area (Å²) in [5, 5.41) is 10.0. The van der Waals surface area contributed by atoms with E-state index in [1.165, 1.54) is 11.3 Å². The molecule has 0 aliphatic rings. The molecule has 0 spiro atoms. The van der Waals surface area contributed by atoms with Crippen molar-refractivity contribution in [3.8, 4) is 11.5 Å². The van der Waals surface area contributed by atoms with Crippen molar-refractivity contribution in [3.63, 3.8) is 0 Å². The fourth-order valence-electron chi connectivity index (χ4n) is 3.93. The van der Waals surface area contributed by atoms with Crippen molar-refractivity contribution in [2.45, 2.75) is 33.6 Å². The lowest BCUT2D eigenvalue weighted by atomic mass is 10.2. The van der Waals surface area contributed by atoms with E-state index in [1.54, 1.807) is 27.8 Å². The second-order valence-electron chi connectivity index (χ2n) is 7.79. The molecule has 3 aromatic heterocycles. The van der Waals surface area contributed by atoms with Gasteiger partial charge in [0, 0.05) is 49.5 Å². The highest BCUT2D eigenvalue weighted by molar-refractivity contribution is 7.21. The molecule has 0 unspecified atom stereocenters. The Labute approximate surface area is 196 Å². The monoisotopic (exact) mass is 465 g/mol. The summed E-state index contributed by atoms with van der Waals surface area (Å²) in [5.41, 5.74) is 2.46. The van der Waals surface area contributed by atoms with Crippen molar-refractivity contribution < 1.29 is 19.4 Å². The van der Waals surface area contributed by atoms with Gasteiger partial charge >= 0.3 is 0 Å². The molecule has 0 saturated carbocycles. The van der Waals surface area contributed by atoms with Crippen LogP contribution in [0.15, 0.2) is 42.6 Å². The topological polar surface area (TPSA) is 84.7 Å². The number of aliphatic hydroxyl groups excluding tert-OH is 1. The maximum atomic E-state index is 12.9. The van der Waals surface area contributed by atoms with E-state index >= 15 is 0 Å². The van der Waals surface area contributed by atoms with Crippen LogP contribution >= 0.6 is 11.3 Å². The zero-order valence-electron chi connectivity index (χ0n) is 19.0. The van der Waals surface area contributed by atoms with Gasteiger partial charge in [0.2, 0.25) is 5.91 Å². The number of carbonyl (C=O) groups excluding carboxylic acids is 2. The molecule has 1 N–H and O–H groups in total. The van der Waals surface area contributed by atoms with E-state index in [1.807, 2.05) is 45.0 Å². The molecule has 33 heavy (non-hydrogen) atoms. The van der Waals surface area contributed by atoms with Crippen LogP contribution in [0.4, 0.5) is 0 Å². The summed E-state index contributed by atoms with van der Waals surface area (Å²) in [6.07, 6.45) is 2.65. The molecule has 1 aromatic carbocycles.